The van der Waals surface area contributed by atoms with E-state index in [1.807, 2.05) is 37.3 Å². The molecule has 1 aliphatic carbocycles. The Bertz CT molecular complexity index is 753. The van der Waals surface area contributed by atoms with E-state index in [0.29, 0.717) is 4.88 Å². The third kappa shape index (κ3) is 4.22. The Morgan fingerprint density at radius 2 is 2.04 bits per heavy atom. The summed E-state index contributed by atoms with van der Waals surface area (Å²) < 4.78 is 6.25. The minimum atomic E-state index is -1.04. The number of hydrogen-bond donors (Lipinski definition) is 1. The number of halogens is 1. The number of nitrogens with zero attached hydrogens (tertiary/aromatic N) is 1. The second-order valence-corrected chi connectivity index (χ2v) is 8.11. The molecule has 1 unspecified atom stereocenters. The van der Waals surface area contributed by atoms with Gasteiger partial charge in [-0.05, 0) is 47.3 Å². The average Bonchev–Trinajstić information content (AvgIpc) is 3.36. The lowest BCUT2D eigenvalue weighted by Gasteiger charge is -2.27. The highest BCUT2D eigenvalue weighted by Gasteiger charge is 2.43. The summed E-state index contributed by atoms with van der Waals surface area (Å²) in [6.07, 6.45) is 1.02. The molecule has 7 heteroatoms. The van der Waals surface area contributed by atoms with Gasteiger partial charge in [-0.15, -0.1) is 11.3 Å². The molecule has 3 rings (SSSR count). The number of aliphatic carboxylic acids is 1. The lowest BCUT2D eigenvalue weighted by atomic mass is 10.2. The van der Waals surface area contributed by atoms with Crippen molar-refractivity contribution in [3.8, 4) is 0 Å². The number of rotatable bonds is 6. The maximum Gasteiger partial charge on any atom is 0.411 e. The fourth-order valence-electron chi connectivity index (χ4n) is 2.61. The van der Waals surface area contributed by atoms with Gasteiger partial charge in [0.2, 0.25) is 0 Å². The van der Waals surface area contributed by atoms with Crippen LogP contribution in [0.15, 0.2) is 40.9 Å². The van der Waals surface area contributed by atoms with Gasteiger partial charge in [0.25, 0.3) is 0 Å². The Hall–Kier alpha value is -1.86. The highest BCUT2D eigenvalue weighted by Crippen LogP contribution is 2.39. The van der Waals surface area contributed by atoms with Crippen LogP contribution in [-0.4, -0.2) is 28.1 Å². The molecule has 1 atom stereocenters. The van der Waals surface area contributed by atoms with Crippen LogP contribution >= 0.6 is 27.3 Å². The van der Waals surface area contributed by atoms with Gasteiger partial charge in [0.05, 0.1) is 0 Å². The number of ether oxygens (including phenoxy) is 1. The Morgan fingerprint density at radius 1 is 1.36 bits per heavy atom. The quantitative estimate of drug-likeness (QED) is 0.727. The maximum atomic E-state index is 12.6. The normalized spacial score (nSPS) is 14.8. The average molecular weight is 424 g/mol. The molecule has 132 valence electrons. The van der Waals surface area contributed by atoms with Crippen molar-refractivity contribution in [2.75, 3.05) is 0 Å². The molecule has 1 aromatic heterocycles. The van der Waals surface area contributed by atoms with Crippen molar-refractivity contribution < 1.29 is 19.4 Å². The van der Waals surface area contributed by atoms with Crippen molar-refractivity contribution in [1.29, 1.82) is 0 Å². The number of aryl methyl sites for hydroxylation is 1. The van der Waals surface area contributed by atoms with Crippen LogP contribution < -0.4 is 0 Å². The highest BCUT2D eigenvalue weighted by atomic mass is 79.9. The monoisotopic (exact) mass is 423 g/mol. The summed E-state index contributed by atoms with van der Waals surface area (Å²) in [5, 5.41) is 9.75. The molecular formula is C18H18BrNO4S. The number of thiophene rings is 1. The summed E-state index contributed by atoms with van der Waals surface area (Å²) in [6, 6.07) is 10.0. The van der Waals surface area contributed by atoms with Crippen molar-refractivity contribution in [3.63, 3.8) is 0 Å². The topological polar surface area (TPSA) is 66.8 Å². The molecule has 1 aromatic carbocycles. The Balaban J connectivity index is 1.80. The van der Waals surface area contributed by atoms with E-state index in [0.717, 1.165) is 27.8 Å². The van der Waals surface area contributed by atoms with Crippen LogP contribution in [0.4, 0.5) is 4.79 Å². The molecule has 0 radical (unpaired) electrons. The number of carboxylic acids is 1. The van der Waals surface area contributed by atoms with Gasteiger partial charge in [-0.1, -0.05) is 30.3 Å². The van der Waals surface area contributed by atoms with E-state index >= 15 is 0 Å². The summed E-state index contributed by atoms with van der Waals surface area (Å²) in [5.41, 5.74) is 0.869. The number of carbonyl (C=O) groups is 2. The van der Waals surface area contributed by atoms with E-state index in [1.165, 1.54) is 16.2 Å². The van der Waals surface area contributed by atoms with E-state index in [1.54, 1.807) is 6.07 Å². The molecule has 1 N–H and O–H groups in total. The Morgan fingerprint density at radius 3 is 2.56 bits per heavy atom. The maximum absolute atomic E-state index is 12.6. The van der Waals surface area contributed by atoms with Crippen molar-refractivity contribution in [3.05, 3.63) is 56.2 Å². The summed E-state index contributed by atoms with van der Waals surface area (Å²) in [5.74, 6) is -1.04. The van der Waals surface area contributed by atoms with Gasteiger partial charge < -0.3 is 9.84 Å². The van der Waals surface area contributed by atoms with Crippen LogP contribution in [0.25, 0.3) is 0 Å². The standard InChI is InChI=1S/C18H18BrNO4S/c1-11-14(19)9-15(25-11)16(17(21)22)20(13-7-8-13)18(23)24-10-12-5-3-2-4-6-12/h2-6,9,13,16H,7-8,10H2,1H3,(H,21,22). The molecule has 0 aliphatic heterocycles. The summed E-state index contributed by atoms with van der Waals surface area (Å²) in [4.78, 5) is 27.5. The smallest absolute Gasteiger partial charge is 0.411 e. The van der Waals surface area contributed by atoms with Crippen LogP contribution in [0.1, 0.15) is 34.2 Å². The molecule has 0 bridgehead atoms. The fourth-order valence-corrected chi connectivity index (χ4v) is 4.26. The van der Waals surface area contributed by atoms with E-state index in [9.17, 15) is 14.7 Å². The SMILES string of the molecule is Cc1sc(C(C(=O)O)N(C(=O)OCc2ccccc2)C2CC2)cc1Br. The summed E-state index contributed by atoms with van der Waals surface area (Å²) in [7, 11) is 0. The number of benzene rings is 1. The van der Waals surface area contributed by atoms with Crippen LogP contribution in [-0.2, 0) is 16.1 Å². The van der Waals surface area contributed by atoms with E-state index in [2.05, 4.69) is 15.9 Å². The summed E-state index contributed by atoms with van der Waals surface area (Å²) >= 11 is 4.80. The first-order valence-corrected chi connectivity index (χ1v) is 9.56. The third-order valence-corrected chi connectivity index (χ3v) is 6.20. The Labute approximate surface area is 158 Å². The van der Waals surface area contributed by atoms with Gasteiger partial charge in [0.1, 0.15) is 6.61 Å². The second kappa shape index (κ2) is 7.58. The van der Waals surface area contributed by atoms with Crippen LogP contribution in [0.2, 0.25) is 0 Å². The van der Waals surface area contributed by atoms with E-state index in [4.69, 9.17) is 4.74 Å². The predicted octanol–water partition coefficient (Wildman–Crippen LogP) is 4.75. The van der Waals surface area contributed by atoms with Gasteiger partial charge in [0, 0.05) is 20.3 Å². The fraction of sp³-hybridized carbons (Fsp3) is 0.333. The minimum Gasteiger partial charge on any atom is -0.479 e. The molecule has 5 nitrogen and oxygen atoms in total. The van der Waals surface area contributed by atoms with Crippen molar-refractivity contribution in [2.45, 2.75) is 38.5 Å². The first-order valence-electron chi connectivity index (χ1n) is 7.95. The van der Waals surface area contributed by atoms with E-state index < -0.39 is 18.1 Å². The molecule has 1 fully saturated rings. The molecular weight excluding hydrogens is 406 g/mol. The largest absolute Gasteiger partial charge is 0.479 e. The first kappa shape index (κ1) is 17.9. The van der Waals surface area contributed by atoms with Crippen molar-refractivity contribution >= 4 is 39.3 Å². The number of amides is 1. The first-order chi connectivity index (χ1) is 12.0. The zero-order valence-corrected chi connectivity index (χ0v) is 16.0. The number of hydrogen-bond acceptors (Lipinski definition) is 4. The molecule has 25 heavy (non-hydrogen) atoms. The van der Waals surface area contributed by atoms with E-state index in [-0.39, 0.29) is 12.6 Å². The van der Waals surface area contributed by atoms with Crippen molar-refractivity contribution in [1.82, 2.24) is 4.90 Å². The van der Waals surface area contributed by atoms with Gasteiger partial charge in [-0.25, -0.2) is 9.59 Å². The van der Waals surface area contributed by atoms with Crippen LogP contribution in [0.5, 0.6) is 0 Å². The lowest BCUT2D eigenvalue weighted by Crippen LogP contribution is -2.40. The Kier molecular flexibility index (Phi) is 5.44. The van der Waals surface area contributed by atoms with Gasteiger partial charge in [-0.2, -0.15) is 0 Å². The highest BCUT2D eigenvalue weighted by molar-refractivity contribution is 9.10. The van der Waals surface area contributed by atoms with Crippen LogP contribution in [0.3, 0.4) is 0 Å². The third-order valence-electron chi connectivity index (χ3n) is 4.01. The molecule has 1 saturated carbocycles. The number of carboxylic acid groups (broad SMARTS) is 1. The second-order valence-electron chi connectivity index (χ2n) is 5.97. The molecule has 0 saturated heterocycles. The minimum absolute atomic E-state index is 0.0782. The molecule has 2 aromatic rings. The van der Waals surface area contributed by atoms with Crippen LogP contribution in [0, 0.1) is 6.92 Å². The zero-order chi connectivity index (χ0) is 18.0. The van der Waals surface area contributed by atoms with Gasteiger partial charge in [0.15, 0.2) is 6.04 Å². The van der Waals surface area contributed by atoms with Gasteiger partial charge >= 0.3 is 12.1 Å². The molecule has 1 heterocycles. The zero-order valence-electron chi connectivity index (χ0n) is 13.6. The molecule has 1 amide bonds. The predicted molar refractivity (Wildman–Crippen MR) is 98.6 cm³/mol. The molecule has 0 spiro atoms. The molecule has 1 aliphatic rings. The van der Waals surface area contributed by atoms with Crippen molar-refractivity contribution in [2.24, 2.45) is 0 Å². The van der Waals surface area contributed by atoms with Gasteiger partial charge in [-0.3, -0.25) is 4.90 Å². The summed E-state index contributed by atoms with van der Waals surface area (Å²) in [6.45, 7) is 2.04. The lowest BCUT2D eigenvalue weighted by molar-refractivity contribution is -0.143. The number of carbonyl (C=O) groups excluding carboxylic acids is 1.